The molecule has 0 heterocycles. The van der Waals surface area contributed by atoms with Gasteiger partial charge in [-0.3, -0.25) is 9.59 Å². The van der Waals surface area contributed by atoms with Gasteiger partial charge in [-0.1, -0.05) is 0 Å². The number of rotatable bonds is 5. The van der Waals surface area contributed by atoms with Crippen molar-refractivity contribution in [3.63, 3.8) is 0 Å². The van der Waals surface area contributed by atoms with Gasteiger partial charge in [-0.25, -0.2) is 0 Å². The summed E-state index contributed by atoms with van der Waals surface area (Å²) in [6.45, 7) is 0. The molecule has 0 fully saturated rings. The van der Waals surface area contributed by atoms with Gasteiger partial charge in [-0.05, 0) is 12.8 Å². The zero-order valence-corrected chi connectivity index (χ0v) is 6.30. The van der Waals surface area contributed by atoms with Crippen LogP contribution in [0, 0.1) is 0 Å². The maximum atomic E-state index is 10.5. The van der Waals surface area contributed by atoms with Gasteiger partial charge in [0, 0.05) is 12.8 Å². The molecule has 0 aliphatic carbocycles. The molecule has 11 heavy (non-hydrogen) atoms. The highest BCUT2D eigenvalue weighted by Gasteiger charge is 1.98. The van der Waals surface area contributed by atoms with Gasteiger partial charge in [-0.2, -0.15) is 0 Å². The molecule has 0 atom stereocenters. The lowest BCUT2D eigenvalue weighted by atomic mass is 10.1. The van der Waals surface area contributed by atoms with Crippen molar-refractivity contribution >= 4 is 19.8 Å². The van der Waals surface area contributed by atoms with Crippen LogP contribution in [0.25, 0.3) is 0 Å². The van der Waals surface area contributed by atoms with Crippen LogP contribution in [-0.2, 0) is 9.59 Å². The van der Waals surface area contributed by atoms with E-state index in [0.29, 0.717) is 25.7 Å². The Labute approximate surface area is 67.0 Å². The minimum Gasteiger partial charge on any atom is -0.409 e. The van der Waals surface area contributed by atoms with Crippen molar-refractivity contribution in [3.05, 3.63) is 0 Å². The molecule has 0 rings (SSSR count). The Morgan fingerprint density at radius 1 is 1.27 bits per heavy atom. The highest BCUT2D eigenvalue weighted by Crippen LogP contribution is 1.98. The Morgan fingerprint density at radius 2 is 1.82 bits per heavy atom. The molecule has 0 saturated heterocycles. The zero-order chi connectivity index (χ0) is 8.69. The van der Waals surface area contributed by atoms with E-state index < -0.39 is 0 Å². The van der Waals surface area contributed by atoms with E-state index in [0.717, 1.165) is 0 Å². The molecule has 0 aliphatic rings. The number of carbonyl (C=O) groups excluding carboxylic acids is 2. The van der Waals surface area contributed by atoms with E-state index in [1.807, 2.05) is 5.23 Å². The van der Waals surface area contributed by atoms with Crippen LogP contribution in [-0.4, -0.2) is 19.8 Å². The summed E-state index contributed by atoms with van der Waals surface area (Å²) in [5.41, 5.74) is 4.88. The van der Waals surface area contributed by atoms with E-state index in [2.05, 4.69) is 0 Å². The summed E-state index contributed by atoms with van der Waals surface area (Å²) in [5, 5.41) is 2.00. The number of unbranched alkanes of at least 4 members (excludes halogenated alkanes) is 1. The summed E-state index contributed by atoms with van der Waals surface area (Å²) < 4.78 is 0. The third-order valence-corrected chi connectivity index (χ3v) is 1.24. The average Bonchev–Trinajstić information content (AvgIpc) is 1.97. The molecule has 0 aromatic heterocycles. The fourth-order valence-corrected chi connectivity index (χ4v) is 0.657. The number of carbonyl (C=O) groups is 2. The topological polar surface area (TPSA) is 72.2 Å². The SMILES string of the molecule is [B]NC(=O)CCCCC(N)=O. The first-order valence-electron chi connectivity index (χ1n) is 3.44. The van der Waals surface area contributed by atoms with E-state index in [1.165, 1.54) is 0 Å². The van der Waals surface area contributed by atoms with E-state index in [9.17, 15) is 9.59 Å². The summed E-state index contributed by atoms with van der Waals surface area (Å²) in [6, 6.07) is 0. The van der Waals surface area contributed by atoms with Crippen LogP contribution < -0.4 is 11.0 Å². The van der Waals surface area contributed by atoms with Crippen molar-refractivity contribution in [3.8, 4) is 0 Å². The molecule has 2 radical (unpaired) electrons. The van der Waals surface area contributed by atoms with Gasteiger partial charge in [0.05, 0.1) is 0 Å². The van der Waals surface area contributed by atoms with E-state index >= 15 is 0 Å². The quantitative estimate of drug-likeness (QED) is 0.403. The third kappa shape index (κ3) is 6.90. The van der Waals surface area contributed by atoms with Crippen molar-refractivity contribution in [1.29, 1.82) is 0 Å². The molecule has 0 aromatic rings. The van der Waals surface area contributed by atoms with Crippen LogP contribution in [0.5, 0.6) is 0 Å². The summed E-state index contributed by atoms with van der Waals surface area (Å²) in [4.78, 5) is 20.7. The maximum absolute atomic E-state index is 10.5. The van der Waals surface area contributed by atoms with Crippen LogP contribution in [0.15, 0.2) is 0 Å². The van der Waals surface area contributed by atoms with Gasteiger partial charge in [0.1, 0.15) is 0 Å². The van der Waals surface area contributed by atoms with Crippen LogP contribution in [0.1, 0.15) is 25.7 Å². The first-order chi connectivity index (χ1) is 5.16. The van der Waals surface area contributed by atoms with Gasteiger partial charge in [0.2, 0.25) is 19.8 Å². The van der Waals surface area contributed by atoms with Crippen molar-refractivity contribution < 1.29 is 9.59 Å². The van der Waals surface area contributed by atoms with Crippen LogP contribution in [0.3, 0.4) is 0 Å². The molecule has 60 valence electrons. The zero-order valence-electron chi connectivity index (χ0n) is 6.30. The number of hydrogen-bond acceptors (Lipinski definition) is 2. The third-order valence-electron chi connectivity index (χ3n) is 1.24. The van der Waals surface area contributed by atoms with Crippen molar-refractivity contribution in [2.24, 2.45) is 5.73 Å². The molecule has 2 amide bonds. The minimum atomic E-state index is -0.335. The molecule has 0 aromatic carbocycles. The van der Waals surface area contributed by atoms with Crippen LogP contribution in [0.4, 0.5) is 0 Å². The Balaban J connectivity index is 3.14. The fraction of sp³-hybridized carbons (Fsp3) is 0.667. The lowest BCUT2D eigenvalue weighted by molar-refractivity contribution is -0.120. The van der Waals surface area contributed by atoms with Gasteiger partial charge in [0.15, 0.2) is 0 Å². The van der Waals surface area contributed by atoms with Gasteiger partial charge < -0.3 is 11.0 Å². The normalized spacial score (nSPS) is 9.09. The average molecular weight is 154 g/mol. The number of nitrogens with two attached hydrogens (primary N) is 1. The lowest BCUT2D eigenvalue weighted by Gasteiger charge is -1.97. The summed E-state index contributed by atoms with van der Waals surface area (Å²) >= 11 is 0. The minimum absolute atomic E-state index is 0.213. The second kappa shape index (κ2) is 5.76. The molecule has 0 bridgehead atoms. The number of primary amides is 1. The monoisotopic (exact) mass is 154 g/mol. The Bertz CT molecular complexity index is 150. The second-order valence-electron chi connectivity index (χ2n) is 2.24. The largest absolute Gasteiger partial charge is 0.409 e. The van der Waals surface area contributed by atoms with Crippen LogP contribution >= 0.6 is 0 Å². The standard InChI is InChI=1S/C6H11BN2O2/c7-9-6(11)4-2-1-3-5(8)10/h1-4H2,(H2,8,10)(H,9,11). The molecule has 0 saturated carbocycles. The van der Waals surface area contributed by atoms with Gasteiger partial charge in [-0.15, -0.1) is 0 Å². The first kappa shape index (κ1) is 10.0. The highest BCUT2D eigenvalue weighted by atomic mass is 16.1. The molecular weight excluding hydrogens is 143 g/mol. The molecule has 4 nitrogen and oxygen atoms in total. The molecule has 0 unspecified atom stereocenters. The van der Waals surface area contributed by atoms with E-state index in [4.69, 9.17) is 13.7 Å². The van der Waals surface area contributed by atoms with Crippen molar-refractivity contribution in [1.82, 2.24) is 5.23 Å². The Hall–Kier alpha value is -0.995. The second-order valence-corrected chi connectivity index (χ2v) is 2.24. The lowest BCUT2D eigenvalue weighted by Crippen LogP contribution is -2.19. The maximum Gasteiger partial charge on any atom is 0.226 e. The number of nitrogens with one attached hydrogen (secondary N) is 1. The Kier molecular flexibility index (Phi) is 5.24. The molecule has 0 spiro atoms. The predicted molar refractivity (Wildman–Crippen MR) is 41.6 cm³/mol. The van der Waals surface area contributed by atoms with Gasteiger partial charge in [0.25, 0.3) is 0 Å². The predicted octanol–water partition coefficient (Wildman–Crippen LogP) is -0.768. The molecule has 5 heteroatoms. The van der Waals surface area contributed by atoms with Crippen molar-refractivity contribution in [2.75, 3.05) is 0 Å². The van der Waals surface area contributed by atoms with E-state index in [-0.39, 0.29) is 11.8 Å². The number of hydrogen-bond donors (Lipinski definition) is 2. The van der Waals surface area contributed by atoms with Crippen molar-refractivity contribution in [2.45, 2.75) is 25.7 Å². The van der Waals surface area contributed by atoms with Gasteiger partial charge >= 0.3 is 0 Å². The smallest absolute Gasteiger partial charge is 0.226 e. The van der Waals surface area contributed by atoms with Crippen LogP contribution in [0.2, 0.25) is 0 Å². The fourth-order valence-electron chi connectivity index (χ4n) is 0.657. The Morgan fingerprint density at radius 3 is 2.27 bits per heavy atom. The summed E-state index contributed by atoms with van der Waals surface area (Å²) in [6.07, 6.45) is 1.97. The molecule has 3 N–H and O–H groups in total. The number of amides is 2. The summed E-state index contributed by atoms with van der Waals surface area (Å²) in [7, 11) is 4.82. The molecule has 0 aliphatic heterocycles. The highest BCUT2D eigenvalue weighted by molar-refractivity contribution is 6.14. The molecular formula is C6H11BN2O2. The first-order valence-corrected chi connectivity index (χ1v) is 3.44. The van der Waals surface area contributed by atoms with E-state index in [1.54, 1.807) is 0 Å². The summed E-state index contributed by atoms with van der Waals surface area (Å²) in [5.74, 6) is -0.548.